The fraction of sp³-hybridized carbons (Fsp3) is 0.750. The molecule has 4 nitrogen and oxygen atoms in total. The van der Waals surface area contributed by atoms with E-state index in [9.17, 15) is 0 Å². The van der Waals surface area contributed by atoms with Crippen molar-refractivity contribution in [3.63, 3.8) is 0 Å². The van der Waals surface area contributed by atoms with E-state index in [0.29, 0.717) is 0 Å². The topological polar surface area (TPSA) is 48.8 Å². The van der Waals surface area contributed by atoms with Gasteiger partial charge in [-0.1, -0.05) is 36.6 Å². The van der Waals surface area contributed by atoms with Crippen molar-refractivity contribution in [3.05, 3.63) is 12.3 Å². The van der Waals surface area contributed by atoms with E-state index in [-0.39, 0.29) is 0 Å². The lowest BCUT2D eigenvalue weighted by Gasteiger charge is -2.20. The molecule has 1 unspecified atom stereocenters. The number of alkyl halides is 1. The molecule has 0 saturated heterocycles. The van der Waals surface area contributed by atoms with Crippen LogP contribution < -0.4 is 10.7 Å². The number of nitrogens with zero attached hydrogens (tertiary/aromatic N) is 2. The highest BCUT2D eigenvalue weighted by molar-refractivity contribution is 6.24. The Kier molecular flexibility index (Phi) is 4.18. The molecule has 1 aliphatic rings. The summed E-state index contributed by atoms with van der Waals surface area (Å²) >= 11 is 6.02. The SMILES string of the molecule is CCCCCNC1(Cl)C=[C]NN=N1. The van der Waals surface area contributed by atoms with E-state index < -0.39 is 5.12 Å². The highest BCUT2D eigenvalue weighted by atomic mass is 35.5. The van der Waals surface area contributed by atoms with Crippen LogP contribution >= 0.6 is 11.6 Å². The molecule has 0 bridgehead atoms. The van der Waals surface area contributed by atoms with E-state index in [0.717, 1.165) is 13.0 Å². The molecule has 73 valence electrons. The summed E-state index contributed by atoms with van der Waals surface area (Å²) in [4.78, 5) is 0. The van der Waals surface area contributed by atoms with Crippen molar-refractivity contribution < 1.29 is 0 Å². The summed E-state index contributed by atoms with van der Waals surface area (Å²) in [6.07, 6.45) is 7.80. The van der Waals surface area contributed by atoms with Gasteiger partial charge >= 0.3 is 0 Å². The maximum absolute atomic E-state index is 6.02. The molecule has 2 N–H and O–H groups in total. The van der Waals surface area contributed by atoms with E-state index in [1.165, 1.54) is 12.8 Å². The lowest BCUT2D eigenvalue weighted by Crippen LogP contribution is -2.38. The minimum atomic E-state index is -0.890. The largest absolute Gasteiger partial charge is 0.275 e. The van der Waals surface area contributed by atoms with Gasteiger partial charge in [-0.3, -0.25) is 10.7 Å². The Bertz CT molecular complexity index is 190. The molecule has 13 heavy (non-hydrogen) atoms. The summed E-state index contributed by atoms with van der Waals surface area (Å²) in [6.45, 7) is 3.00. The van der Waals surface area contributed by atoms with Gasteiger partial charge in [-0.05, 0) is 13.0 Å². The normalized spacial score (nSPS) is 26.0. The second kappa shape index (κ2) is 5.19. The first-order chi connectivity index (χ1) is 6.27. The van der Waals surface area contributed by atoms with Crippen molar-refractivity contribution in [3.8, 4) is 0 Å². The van der Waals surface area contributed by atoms with Crippen molar-refractivity contribution in [1.29, 1.82) is 0 Å². The smallest absolute Gasteiger partial charge is 0.229 e. The van der Waals surface area contributed by atoms with Crippen LogP contribution in [0.1, 0.15) is 26.2 Å². The Morgan fingerprint density at radius 1 is 1.62 bits per heavy atom. The van der Waals surface area contributed by atoms with Crippen molar-refractivity contribution >= 4 is 11.6 Å². The van der Waals surface area contributed by atoms with Gasteiger partial charge in [0.2, 0.25) is 5.12 Å². The van der Waals surface area contributed by atoms with Gasteiger partial charge in [0.25, 0.3) is 0 Å². The van der Waals surface area contributed by atoms with Gasteiger partial charge in [-0.15, -0.1) is 5.11 Å². The molecule has 5 heteroatoms. The van der Waals surface area contributed by atoms with E-state index >= 15 is 0 Å². The van der Waals surface area contributed by atoms with Crippen LogP contribution in [0.15, 0.2) is 16.4 Å². The van der Waals surface area contributed by atoms with E-state index in [4.69, 9.17) is 11.6 Å². The number of rotatable bonds is 5. The third-order valence-electron chi connectivity index (χ3n) is 1.73. The molecule has 0 aliphatic carbocycles. The molecule has 0 fully saturated rings. The highest BCUT2D eigenvalue weighted by Crippen LogP contribution is 2.17. The fourth-order valence-corrected chi connectivity index (χ4v) is 1.20. The van der Waals surface area contributed by atoms with Crippen LogP contribution in [-0.4, -0.2) is 11.7 Å². The monoisotopic (exact) mass is 201 g/mol. The van der Waals surface area contributed by atoms with Gasteiger partial charge in [-0.2, -0.15) is 0 Å². The van der Waals surface area contributed by atoms with Crippen LogP contribution in [0.3, 0.4) is 0 Å². The van der Waals surface area contributed by atoms with Crippen LogP contribution in [0.2, 0.25) is 0 Å². The van der Waals surface area contributed by atoms with E-state index in [1.807, 2.05) is 0 Å². The molecule has 1 radical (unpaired) electrons. The van der Waals surface area contributed by atoms with Gasteiger partial charge < -0.3 is 0 Å². The molecule has 0 aromatic carbocycles. The van der Waals surface area contributed by atoms with Crippen LogP contribution in [-0.2, 0) is 0 Å². The Balaban J connectivity index is 2.22. The molecule has 1 heterocycles. The number of hydrogen-bond donors (Lipinski definition) is 2. The van der Waals surface area contributed by atoms with Crippen LogP contribution in [0, 0.1) is 6.20 Å². The molecular weight excluding hydrogens is 188 g/mol. The van der Waals surface area contributed by atoms with E-state index in [2.05, 4.69) is 34.2 Å². The quantitative estimate of drug-likeness (QED) is 0.406. The van der Waals surface area contributed by atoms with Crippen molar-refractivity contribution in [1.82, 2.24) is 10.7 Å². The average molecular weight is 202 g/mol. The van der Waals surface area contributed by atoms with Crippen molar-refractivity contribution in [2.45, 2.75) is 31.3 Å². The lowest BCUT2D eigenvalue weighted by atomic mass is 10.2. The summed E-state index contributed by atoms with van der Waals surface area (Å²) in [5.41, 5.74) is 2.47. The van der Waals surface area contributed by atoms with Crippen molar-refractivity contribution in [2.75, 3.05) is 6.54 Å². The van der Waals surface area contributed by atoms with Gasteiger partial charge in [0, 0.05) is 6.08 Å². The minimum Gasteiger partial charge on any atom is -0.275 e. The first-order valence-electron chi connectivity index (χ1n) is 4.47. The average Bonchev–Trinajstić information content (AvgIpc) is 2.14. The first kappa shape index (κ1) is 10.5. The van der Waals surface area contributed by atoms with Crippen LogP contribution in [0.4, 0.5) is 0 Å². The molecule has 0 spiro atoms. The molecule has 0 saturated carbocycles. The van der Waals surface area contributed by atoms with Crippen LogP contribution in [0.5, 0.6) is 0 Å². The lowest BCUT2D eigenvalue weighted by molar-refractivity contribution is 0.486. The van der Waals surface area contributed by atoms with Gasteiger partial charge in [0.05, 0.1) is 6.20 Å². The van der Waals surface area contributed by atoms with E-state index in [1.54, 1.807) is 6.08 Å². The summed E-state index contributed by atoms with van der Waals surface area (Å²) in [5.74, 6) is 0. The second-order valence-corrected chi connectivity index (χ2v) is 3.48. The predicted octanol–water partition coefficient (Wildman–Crippen LogP) is 1.95. The molecule has 0 aromatic rings. The van der Waals surface area contributed by atoms with Crippen molar-refractivity contribution in [2.24, 2.45) is 10.3 Å². The Morgan fingerprint density at radius 2 is 2.46 bits per heavy atom. The number of nitrogens with one attached hydrogen (secondary N) is 2. The maximum Gasteiger partial charge on any atom is 0.229 e. The number of hydrogen-bond acceptors (Lipinski definition) is 4. The molecule has 0 aromatic heterocycles. The second-order valence-electron chi connectivity index (χ2n) is 2.91. The molecule has 1 atom stereocenters. The summed E-state index contributed by atoms with van der Waals surface area (Å²) in [6, 6.07) is 0. The maximum atomic E-state index is 6.02. The molecule has 1 aliphatic heterocycles. The Labute approximate surface area is 83.4 Å². The van der Waals surface area contributed by atoms with Gasteiger partial charge in [0.15, 0.2) is 0 Å². The standard InChI is InChI=1S/C8H14ClN4/c1-2-3-4-6-10-8(9)5-7-11-13-12-8/h5,10H,2-4,6H2,1H3,(H,11,12). The van der Waals surface area contributed by atoms with Crippen LogP contribution in [0.25, 0.3) is 0 Å². The number of halogens is 1. The number of unbranched alkanes of at least 4 members (excludes halogenated alkanes) is 2. The Morgan fingerprint density at radius 3 is 3.08 bits per heavy atom. The predicted molar refractivity (Wildman–Crippen MR) is 51.9 cm³/mol. The van der Waals surface area contributed by atoms with Gasteiger partial charge in [0.1, 0.15) is 0 Å². The highest BCUT2D eigenvalue weighted by Gasteiger charge is 2.23. The third kappa shape index (κ3) is 3.74. The third-order valence-corrected chi connectivity index (χ3v) is 2.05. The zero-order valence-electron chi connectivity index (χ0n) is 7.68. The summed E-state index contributed by atoms with van der Waals surface area (Å²) < 4.78 is 0. The summed E-state index contributed by atoms with van der Waals surface area (Å²) in [5, 5.41) is 9.57. The van der Waals surface area contributed by atoms with Gasteiger partial charge in [-0.25, -0.2) is 0 Å². The molecule has 0 amide bonds. The minimum absolute atomic E-state index is 0.842. The molecule has 1 rings (SSSR count). The Hall–Kier alpha value is -0.610. The zero-order valence-corrected chi connectivity index (χ0v) is 8.43. The molecular formula is C8H14ClN4. The first-order valence-corrected chi connectivity index (χ1v) is 4.85. The fourth-order valence-electron chi connectivity index (χ4n) is 1.01. The summed E-state index contributed by atoms with van der Waals surface area (Å²) in [7, 11) is 0. The zero-order chi connectivity index (χ0) is 9.57.